The molecule has 0 bridgehead atoms. The van der Waals surface area contributed by atoms with Crippen LogP contribution in [0.15, 0.2) is 18.2 Å². The molecule has 0 spiro atoms. The first-order valence-corrected chi connectivity index (χ1v) is 7.40. The van der Waals surface area contributed by atoms with E-state index in [9.17, 15) is 4.79 Å². The van der Waals surface area contributed by atoms with E-state index in [2.05, 4.69) is 21.0 Å². The van der Waals surface area contributed by atoms with E-state index in [1.54, 1.807) is 6.92 Å². The minimum absolute atomic E-state index is 0.226. The molecule has 2 aromatic rings. The number of aryl methyl sites for hydroxylation is 1. The largest absolute Gasteiger partial charge is 0.453 e. The maximum atomic E-state index is 11.6. The fraction of sp³-hybridized carbons (Fsp3) is 0.200. The predicted octanol–water partition coefficient (Wildman–Crippen LogP) is 3.28. The summed E-state index contributed by atoms with van der Waals surface area (Å²) >= 11 is 3.31. The van der Waals surface area contributed by atoms with Gasteiger partial charge in [0.05, 0.1) is 23.3 Å². The molecular weight excluding hydrogens is 348 g/mol. The van der Waals surface area contributed by atoms with Crippen molar-refractivity contribution in [2.45, 2.75) is 19.2 Å². The van der Waals surface area contributed by atoms with Gasteiger partial charge >= 0.3 is 0 Å². The average molecular weight is 359 g/mol. The highest BCUT2D eigenvalue weighted by atomic mass is 79.9. The minimum atomic E-state index is -0.226. The molecule has 2 rings (SSSR count). The first kappa shape index (κ1) is 15.7. The number of benzene rings is 1. The van der Waals surface area contributed by atoms with Gasteiger partial charge in [-0.05, 0) is 25.1 Å². The van der Waals surface area contributed by atoms with Gasteiger partial charge in [-0.25, -0.2) is 4.68 Å². The zero-order valence-corrected chi connectivity index (χ0v) is 13.5. The van der Waals surface area contributed by atoms with Crippen molar-refractivity contribution in [3.8, 4) is 23.6 Å². The Balaban J connectivity index is 2.50. The highest BCUT2D eigenvalue weighted by Gasteiger charge is 2.19. The van der Waals surface area contributed by atoms with Crippen LogP contribution in [-0.4, -0.2) is 15.7 Å². The summed E-state index contributed by atoms with van der Waals surface area (Å²) in [7, 11) is 0. The number of aromatic nitrogens is 2. The molecule has 6 nitrogen and oxygen atoms in total. The molecule has 0 N–H and O–H groups in total. The molecule has 1 aromatic heterocycles. The SMILES string of the molecule is CC(=O)n1nc(C)c(Oc2cc(C#N)cc(C#N)c2)c1CBr. The molecule has 0 saturated carbocycles. The van der Waals surface area contributed by atoms with Gasteiger partial charge in [-0.1, -0.05) is 15.9 Å². The fourth-order valence-electron chi connectivity index (χ4n) is 1.98. The van der Waals surface area contributed by atoms with Crippen LogP contribution in [0.1, 0.15) is 34.2 Å². The van der Waals surface area contributed by atoms with Gasteiger partial charge in [0.15, 0.2) is 5.75 Å². The third-order valence-electron chi connectivity index (χ3n) is 2.91. The molecule has 0 fully saturated rings. The Morgan fingerprint density at radius 3 is 2.36 bits per heavy atom. The number of nitrogens with zero attached hydrogens (tertiary/aromatic N) is 4. The van der Waals surface area contributed by atoms with E-state index in [1.165, 1.54) is 29.8 Å². The second-order valence-corrected chi connectivity index (χ2v) is 5.06. The Morgan fingerprint density at radius 2 is 1.91 bits per heavy atom. The highest BCUT2D eigenvalue weighted by Crippen LogP contribution is 2.31. The number of halogens is 1. The first-order valence-electron chi connectivity index (χ1n) is 6.28. The molecule has 0 saturated heterocycles. The van der Waals surface area contributed by atoms with Crippen LogP contribution in [0.2, 0.25) is 0 Å². The Labute approximate surface area is 135 Å². The molecule has 0 aliphatic heterocycles. The molecule has 0 unspecified atom stereocenters. The third-order valence-corrected chi connectivity index (χ3v) is 3.44. The highest BCUT2D eigenvalue weighted by molar-refractivity contribution is 9.08. The summed E-state index contributed by atoms with van der Waals surface area (Å²) < 4.78 is 7.04. The summed E-state index contributed by atoms with van der Waals surface area (Å²) in [6.07, 6.45) is 0. The van der Waals surface area contributed by atoms with Crippen LogP contribution in [0.5, 0.6) is 11.5 Å². The lowest BCUT2D eigenvalue weighted by atomic mass is 10.1. The zero-order valence-electron chi connectivity index (χ0n) is 11.9. The van der Waals surface area contributed by atoms with Crippen molar-refractivity contribution in [2.75, 3.05) is 0 Å². The monoisotopic (exact) mass is 358 g/mol. The van der Waals surface area contributed by atoms with Crippen molar-refractivity contribution >= 4 is 21.8 Å². The summed E-state index contributed by atoms with van der Waals surface area (Å²) in [5.41, 5.74) is 1.77. The van der Waals surface area contributed by atoms with Crippen molar-refractivity contribution in [1.82, 2.24) is 9.78 Å². The van der Waals surface area contributed by atoms with Crippen LogP contribution in [0.3, 0.4) is 0 Å². The molecule has 0 radical (unpaired) electrons. The third kappa shape index (κ3) is 3.00. The van der Waals surface area contributed by atoms with Gasteiger partial charge in [-0.2, -0.15) is 15.6 Å². The maximum absolute atomic E-state index is 11.6. The molecule has 110 valence electrons. The van der Waals surface area contributed by atoms with Crippen LogP contribution in [0, 0.1) is 29.6 Å². The van der Waals surface area contributed by atoms with Gasteiger partial charge in [0.2, 0.25) is 5.91 Å². The van der Waals surface area contributed by atoms with E-state index in [0.29, 0.717) is 39.3 Å². The molecule has 1 aromatic carbocycles. The number of carbonyl (C=O) groups is 1. The Hall–Kier alpha value is -2.64. The van der Waals surface area contributed by atoms with E-state index < -0.39 is 0 Å². The molecule has 22 heavy (non-hydrogen) atoms. The quantitative estimate of drug-likeness (QED) is 0.785. The second-order valence-electron chi connectivity index (χ2n) is 4.50. The number of carbonyl (C=O) groups excluding carboxylic acids is 1. The van der Waals surface area contributed by atoms with Gasteiger partial charge < -0.3 is 4.74 Å². The predicted molar refractivity (Wildman–Crippen MR) is 81.8 cm³/mol. The number of rotatable bonds is 3. The summed E-state index contributed by atoms with van der Waals surface area (Å²) in [5.74, 6) is 0.561. The van der Waals surface area contributed by atoms with Crippen LogP contribution < -0.4 is 4.74 Å². The van der Waals surface area contributed by atoms with Crippen molar-refractivity contribution in [3.05, 3.63) is 40.7 Å². The van der Waals surface area contributed by atoms with Crippen LogP contribution >= 0.6 is 15.9 Å². The van der Waals surface area contributed by atoms with Crippen molar-refractivity contribution in [3.63, 3.8) is 0 Å². The van der Waals surface area contributed by atoms with Crippen LogP contribution in [0.25, 0.3) is 0 Å². The Morgan fingerprint density at radius 1 is 1.32 bits per heavy atom. The molecule has 1 heterocycles. The smallest absolute Gasteiger partial charge is 0.244 e. The second kappa shape index (κ2) is 6.42. The number of hydrogen-bond donors (Lipinski definition) is 0. The molecule has 0 aliphatic carbocycles. The van der Waals surface area contributed by atoms with Gasteiger partial charge in [0.1, 0.15) is 17.1 Å². The van der Waals surface area contributed by atoms with E-state index in [4.69, 9.17) is 15.3 Å². The standard InChI is InChI=1S/C15H11BrN4O2/c1-9-15(14(6-16)20(19-9)10(2)21)22-13-4-11(7-17)3-12(5-13)8-18/h3-5H,6H2,1-2H3. The summed E-state index contributed by atoms with van der Waals surface area (Å²) in [4.78, 5) is 11.6. The summed E-state index contributed by atoms with van der Waals surface area (Å²) in [5, 5.41) is 22.5. The van der Waals surface area contributed by atoms with Gasteiger partial charge in [-0.3, -0.25) is 4.79 Å². The molecule has 7 heteroatoms. The lowest BCUT2D eigenvalue weighted by Gasteiger charge is -2.08. The molecular formula is C15H11BrN4O2. The van der Waals surface area contributed by atoms with Gasteiger partial charge in [-0.15, -0.1) is 0 Å². The lowest BCUT2D eigenvalue weighted by molar-refractivity contribution is 0.0918. The number of hydrogen-bond acceptors (Lipinski definition) is 5. The van der Waals surface area contributed by atoms with Gasteiger partial charge in [0.25, 0.3) is 0 Å². The minimum Gasteiger partial charge on any atom is -0.453 e. The normalized spacial score (nSPS) is 9.86. The molecule has 0 atom stereocenters. The topological polar surface area (TPSA) is 91.7 Å². The number of ether oxygens (including phenoxy) is 1. The summed E-state index contributed by atoms with van der Waals surface area (Å²) in [6, 6.07) is 8.50. The zero-order chi connectivity index (χ0) is 16.3. The molecule has 0 aliphatic rings. The molecule has 0 amide bonds. The summed E-state index contributed by atoms with van der Waals surface area (Å²) in [6.45, 7) is 3.13. The van der Waals surface area contributed by atoms with Crippen LogP contribution in [0.4, 0.5) is 0 Å². The van der Waals surface area contributed by atoms with Crippen molar-refractivity contribution < 1.29 is 9.53 Å². The van der Waals surface area contributed by atoms with Crippen molar-refractivity contribution in [2.24, 2.45) is 0 Å². The van der Waals surface area contributed by atoms with E-state index in [0.717, 1.165) is 0 Å². The van der Waals surface area contributed by atoms with E-state index in [-0.39, 0.29) is 5.91 Å². The van der Waals surface area contributed by atoms with E-state index >= 15 is 0 Å². The fourth-order valence-corrected chi connectivity index (χ4v) is 2.47. The van der Waals surface area contributed by atoms with Crippen molar-refractivity contribution in [1.29, 1.82) is 10.5 Å². The number of nitriles is 2. The Kier molecular flexibility index (Phi) is 4.59. The van der Waals surface area contributed by atoms with Gasteiger partial charge in [0, 0.05) is 12.3 Å². The first-order chi connectivity index (χ1) is 10.5. The number of alkyl halides is 1. The average Bonchev–Trinajstić information content (AvgIpc) is 2.83. The maximum Gasteiger partial charge on any atom is 0.244 e. The Bertz CT molecular complexity index is 795. The lowest BCUT2D eigenvalue weighted by Crippen LogP contribution is -2.10. The van der Waals surface area contributed by atoms with Crippen LogP contribution in [-0.2, 0) is 5.33 Å². The van der Waals surface area contributed by atoms with E-state index in [1.807, 2.05) is 12.1 Å².